The Hall–Kier alpha value is -0.420. The van der Waals surface area contributed by atoms with Crippen LogP contribution in [0.1, 0.15) is 13.8 Å². The van der Waals surface area contributed by atoms with Gasteiger partial charge in [-0.2, -0.15) is 0 Å². The Morgan fingerprint density at radius 3 is 1.10 bits per heavy atom. The Kier molecular flexibility index (Phi) is 3.52. The maximum atomic E-state index is 8.52. The molecule has 0 aromatic rings. The maximum Gasteiger partial charge on any atom is 0.174 e. The first kappa shape index (κ1) is 9.58. The lowest BCUT2D eigenvalue weighted by Gasteiger charge is -2.10. The second kappa shape index (κ2) is 3.68. The summed E-state index contributed by atoms with van der Waals surface area (Å²) in [5.74, 6) is 0. The van der Waals surface area contributed by atoms with Gasteiger partial charge in [0.25, 0.3) is 0 Å². The molecule has 0 unspecified atom stereocenters. The normalized spacial score (nSPS) is 14.4. The van der Waals surface area contributed by atoms with Gasteiger partial charge in [-0.3, -0.25) is 0 Å². The summed E-state index contributed by atoms with van der Waals surface area (Å²) in [6, 6.07) is 0. The largest absolute Gasteiger partial charge is 0.365 e. The van der Waals surface area contributed by atoms with Crippen molar-refractivity contribution in [3.63, 3.8) is 0 Å². The summed E-state index contributed by atoms with van der Waals surface area (Å²) < 4.78 is 0. The molecule has 0 spiro atoms. The Labute approximate surface area is 59.1 Å². The highest BCUT2D eigenvalue weighted by Gasteiger charge is 2.09. The molecule has 0 saturated carbocycles. The van der Waals surface area contributed by atoms with E-state index in [4.69, 9.17) is 20.4 Å². The van der Waals surface area contributed by atoms with Gasteiger partial charge in [-0.05, 0) is 25.0 Å². The number of aliphatic hydroxyl groups is 4. The molecular formula is C6H12O4. The molecule has 10 heavy (non-hydrogen) atoms. The van der Waals surface area contributed by atoms with Gasteiger partial charge in [0.05, 0.1) is 0 Å². The minimum absolute atomic E-state index is 0.162. The van der Waals surface area contributed by atoms with E-state index in [0.717, 1.165) is 0 Å². The molecule has 4 nitrogen and oxygen atoms in total. The van der Waals surface area contributed by atoms with Crippen molar-refractivity contribution in [2.75, 3.05) is 0 Å². The van der Waals surface area contributed by atoms with Crippen LogP contribution in [-0.2, 0) is 0 Å². The minimum Gasteiger partial charge on any atom is -0.365 e. The van der Waals surface area contributed by atoms with Gasteiger partial charge in [-0.15, -0.1) is 0 Å². The fourth-order valence-electron chi connectivity index (χ4n) is 0.407. The lowest BCUT2D eigenvalue weighted by molar-refractivity contribution is -0.0273. The van der Waals surface area contributed by atoms with Gasteiger partial charge in [0.2, 0.25) is 0 Å². The lowest BCUT2D eigenvalue weighted by Crippen LogP contribution is -2.14. The van der Waals surface area contributed by atoms with Crippen molar-refractivity contribution in [1.29, 1.82) is 0 Å². The Bertz CT molecular complexity index is 121. The Morgan fingerprint density at radius 1 is 0.800 bits per heavy atom. The molecule has 0 aliphatic carbocycles. The molecule has 0 aliphatic rings. The molecule has 0 heterocycles. The van der Waals surface area contributed by atoms with Gasteiger partial charge in [-0.25, -0.2) is 0 Å². The van der Waals surface area contributed by atoms with Crippen LogP contribution < -0.4 is 0 Å². The van der Waals surface area contributed by atoms with Crippen LogP contribution in [0.5, 0.6) is 0 Å². The summed E-state index contributed by atoms with van der Waals surface area (Å²) in [5, 5.41) is 34.1. The third kappa shape index (κ3) is 2.45. The fraction of sp³-hybridized carbons (Fsp3) is 0.667. The van der Waals surface area contributed by atoms with Crippen LogP contribution >= 0.6 is 0 Å². The Morgan fingerprint density at radius 2 is 1.00 bits per heavy atom. The summed E-state index contributed by atoms with van der Waals surface area (Å²) in [5.41, 5.74) is 0.324. The van der Waals surface area contributed by atoms with E-state index in [9.17, 15) is 0 Å². The van der Waals surface area contributed by atoms with Crippen molar-refractivity contribution in [1.82, 2.24) is 0 Å². The minimum atomic E-state index is -1.61. The van der Waals surface area contributed by atoms with E-state index in [1.807, 2.05) is 0 Å². The number of rotatable bonds is 2. The Balaban J connectivity index is 4.34. The number of hydrogen-bond acceptors (Lipinski definition) is 4. The fourth-order valence-corrected chi connectivity index (χ4v) is 0.407. The lowest BCUT2D eigenvalue weighted by atomic mass is 10.1. The maximum absolute atomic E-state index is 8.52. The standard InChI is InChI=1S/C6H12O4/c1-3(5(7)8)4(2)6(9)10/h5-10H,1-2H3/b4-3-. The van der Waals surface area contributed by atoms with E-state index in [2.05, 4.69) is 0 Å². The van der Waals surface area contributed by atoms with Crippen LogP contribution in [0.25, 0.3) is 0 Å². The molecule has 4 N–H and O–H groups in total. The summed E-state index contributed by atoms with van der Waals surface area (Å²) in [7, 11) is 0. The van der Waals surface area contributed by atoms with Crippen molar-refractivity contribution >= 4 is 0 Å². The summed E-state index contributed by atoms with van der Waals surface area (Å²) in [6.07, 6.45) is -3.22. The van der Waals surface area contributed by atoms with Crippen LogP contribution in [0, 0.1) is 0 Å². The van der Waals surface area contributed by atoms with Gasteiger partial charge in [-0.1, -0.05) is 0 Å². The molecule has 0 bridgehead atoms. The highest BCUT2D eigenvalue weighted by atomic mass is 16.5. The second-order valence-corrected chi connectivity index (χ2v) is 2.11. The first-order valence-corrected chi connectivity index (χ1v) is 2.86. The smallest absolute Gasteiger partial charge is 0.174 e. The summed E-state index contributed by atoms with van der Waals surface area (Å²) in [4.78, 5) is 0. The zero-order chi connectivity index (χ0) is 8.31. The van der Waals surface area contributed by atoms with Crippen molar-refractivity contribution in [3.05, 3.63) is 11.1 Å². The van der Waals surface area contributed by atoms with Gasteiger partial charge in [0, 0.05) is 0 Å². The molecule has 4 heteroatoms. The number of aliphatic hydroxyl groups excluding tert-OH is 2. The molecule has 0 radical (unpaired) electrons. The zero-order valence-electron chi connectivity index (χ0n) is 5.94. The highest BCUT2D eigenvalue weighted by Crippen LogP contribution is 2.08. The van der Waals surface area contributed by atoms with Gasteiger partial charge < -0.3 is 20.4 Å². The molecule has 0 saturated heterocycles. The van der Waals surface area contributed by atoms with Crippen molar-refractivity contribution in [3.8, 4) is 0 Å². The van der Waals surface area contributed by atoms with Crippen molar-refractivity contribution in [2.24, 2.45) is 0 Å². The predicted molar refractivity (Wildman–Crippen MR) is 34.8 cm³/mol. The van der Waals surface area contributed by atoms with Crippen LogP contribution in [0.2, 0.25) is 0 Å². The topological polar surface area (TPSA) is 80.9 Å². The van der Waals surface area contributed by atoms with Crippen molar-refractivity contribution in [2.45, 2.75) is 26.4 Å². The van der Waals surface area contributed by atoms with Gasteiger partial charge in [0.15, 0.2) is 12.6 Å². The van der Waals surface area contributed by atoms with E-state index in [1.54, 1.807) is 0 Å². The van der Waals surface area contributed by atoms with Crippen molar-refractivity contribution < 1.29 is 20.4 Å². The average molecular weight is 148 g/mol. The molecule has 60 valence electrons. The molecule has 0 aromatic carbocycles. The summed E-state index contributed by atoms with van der Waals surface area (Å²) >= 11 is 0. The summed E-state index contributed by atoms with van der Waals surface area (Å²) in [6.45, 7) is 2.83. The number of hydrogen-bond donors (Lipinski definition) is 4. The van der Waals surface area contributed by atoms with Crippen LogP contribution in [0.4, 0.5) is 0 Å². The monoisotopic (exact) mass is 148 g/mol. The van der Waals surface area contributed by atoms with Gasteiger partial charge in [0.1, 0.15) is 0 Å². The molecule has 0 aliphatic heterocycles. The average Bonchev–Trinajstić information content (AvgIpc) is 1.84. The second-order valence-electron chi connectivity index (χ2n) is 2.11. The molecular weight excluding hydrogens is 136 g/mol. The van der Waals surface area contributed by atoms with E-state index < -0.39 is 12.6 Å². The third-order valence-electron chi connectivity index (χ3n) is 1.40. The van der Waals surface area contributed by atoms with Crippen LogP contribution in [-0.4, -0.2) is 33.0 Å². The van der Waals surface area contributed by atoms with E-state index in [-0.39, 0.29) is 11.1 Å². The first-order chi connectivity index (χ1) is 4.46. The SMILES string of the molecule is C/C(=C(\C)C(O)O)C(O)O. The van der Waals surface area contributed by atoms with Crippen LogP contribution in [0.15, 0.2) is 11.1 Å². The molecule has 0 rings (SSSR count). The quantitative estimate of drug-likeness (QED) is 0.297. The molecule has 0 atom stereocenters. The van der Waals surface area contributed by atoms with Gasteiger partial charge >= 0.3 is 0 Å². The van der Waals surface area contributed by atoms with Crippen LogP contribution in [0.3, 0.4) is 0 Å². The third-order valence-corrected chi connectivity index (χ3v) is 1.40. The highest BCUT2D eigenvalue weighted by molar-refractivity contribution is 5.12. The molecule has 0 aromatic heterocycles. The molecule has 0 amide bonds. The van der Waals surface area contributed by atoms with E-state index >= 15 is 0 Å². The zero-order valence-corrected chi connectivity index (χ0v) is 5.94. The van der Waals surface area contributed by atoms with E-state index in [0.29, 0.717) is 0 Å². The first-order valence-electron chi connectivity index (χ1n) is 2.86. The predicted octanol–water partition coefficient (Wildman–Crippen LogP) is -1.06. The molecule has 0 fully saturated rings. The van der Waals surface area contributed by atoms with E-state index in [1.165, 1.54) is 13.8 Å².